The van der Waals surface area contributed by atoms with E-state index in [1.807, 2.05) is 0 Å². The summed E-state index contributed by atoms with van der Waals surface area (Å²) in [6.45, 7) is 7.62. The van der Waals surface area contributed by atoms with Crippen molar-refractivity contribution in [2.45, 2.75) is 6.42 Å². The Morgan fingerprint density at radius 3 is 2.86 bits per heavy atom. The van der Waals surface area contributed by atoms with Gasteiger partial charge in [0.15, 0.2) is 5.13 Å². The van der Waals surface area contributed by atoms with Crippen LogP contribution in [0.1, 0.15) is 16.8 Å². The van der Waals surface area contributed by atoms with Gasteiger partial charge in [0.1, 0.15) is 0 Å². The molecule has 0 aliphatic carbocycles. The Morgan fingerprint density at radius 1 is 1.45 bits per heavy atom. The molecule has 1 unspecified atom stereocenters. The van der Waals surface area contributed by atoms with Crippen LogP contribution < -0.4 is 10.6 Å². The van der Waals surface area contributed by atoms with Gasteiger partial charge in [-0.3, -0.25) is 14.9 Å². The predicted molar refractivity (Wildman–Crippen MR) is 112 cm³/mol. The van der Waals surface area contributed by atoms with Crippen molar-refractivity contribution in [3.05, 3.63) is 58.7 Å². The third-order valence-corrected chi connectivity index (χ3v) is 4.92. The second kappa shape index (κ2) is 10.4. The zero-order valence-corrected chi connectivity index (χ0v) is 16.8. The van der Waals surface area contributed by atoms with Crippen LogP contribution in [-0.2, 0) is 9.53 Å². The molecule has 1 heterocycles. The third kappa shape index (κ3) is 6.77. The minimum absolute atomic E-state index is 0.0510. The highest BCUT2D eigenvalue weighted by Crippen LogP contribution is 2.27. The molecular formula is C19H22N4O5S. The fraction of sp³-hybridized carbons (Fsp3) is 0.316. The molecule has 2 aromatic rings. The highest BCUT2D eigenvalue weighted by molar-refractivity contribution is 7.22. The lowest BCUT2D eigenvalue weighted by molar-refractivity contribution is -0.471. The average Bonchev–Trinajstić information content (AvgIpc) is 3.06. The molecule has 154 valence electrons. The van der Waals surface area contributed by atoms with E-state index in [0.29, 0.717) is 34.8 Å². The number of hydrogen-bond donors (Lipinski definition) is 2. The number of nitro groups is 1. The number of nitrogens with one attached hydrogen (secondary N) is 2. The van der Waals surface area contributed by atoms with E-state index in [-0.39, 0.29) is 24.9 Å². The summed E-state index contributed by atoms with van der Waals surface area (Å²) in [6, 6.07) is 4.97. The van der Waals surface area contributed by atoms with Gasteiger partial charge >= 0.3 is 5.97 Å². The van der Waals surface area contributed by atoms with Gasteiger partial charge < -0.3 is 15.4 Å². The molecule has 29 heavy (non-hydrogen) atoms. The highest BCUT2D eigenvalue weighted by Gasteiger charge is 2.13. The first-order valence-corrected chi connectivity index (χ1v) is 9.54. The second-order valence-corrected chi connectivity index (χ2v) is 7.34. The number of thiazole rings is 1. The van der Waals surface area contributed by atoms with Crippen molar-refractivity contribution in [2.75, 3.05) is 32.1 Å². The minimum atomic E-state index is -0.437. The summed E-state index contributed by atoms with van der Waals surface area (Å²) in [5.41, 5.74) is 1.59. The number of rotatable bonds is 11. The average molecular weight is 418 g/mol. The topological polar surface area (TPSA) is 123 Å². The first kappa shape index (κ1) is 22.2. The number of carbonyl (C=O) groups excluding carboxylic acids is 2. The molecule has 0 aliphatic heterocycles. The van der Waals surface area contributed by atoms with Crippen molar-refractivity contribution in [3.63, 3.8) is 0 Å². The Hall–Kier alpha value is -3.11. The van der Waals surface area contributed by atoms with Gasteiger partial charge in [0.05, 0.1) is 29.4 Å². The summed E-state index contributed by atoms with van der Waals surface area (Å²) >= 11 is 1.26. The van der Waals surface area contributed by atoms with E-state index in [2.05, 4.69) is 28.8 Å². The SMILES string of the molecule is C=CC(CNCC(=O)Nc1nc2ccc(C(=O)OC)cc2s1)CC(=C)C[N+](=O)[O-]. The van der Waals surface area contributed by atoms with Crippen molar-refractivity contribution < 1.29 is 19.2 Å². The van der Waals surface area contributed by atoms with Crippen LogP contribution in [0, 0.1) is 16.0 Å². The number of esters is 1. The Labute approximate surface area is 171 Å². The van der Waals surface area contributed by atoms with Gasteiger partial charge in [-0.1, -0.05) is 24.0 Å². The number of aromatic nitrogens is 1. The fourth-order valence-electron chi connectivity index (χ4n) is 2.61. The third-order valence-electron chi connectivity index (χ3n) is 3.98. The molecule has 1 atom stereocenters. The molecule has 1 aromatic carbocycles. The molecular weight excluding hydrogens is 396 g/mol. The summed E-state index contributed by atoms with van der Waals surface area (Å²) in [7, 11) is 1.31. The second-order valence-electron chi connectivity index (χ2n) is 6.31. The van der Waals surface area contributed by atoms with Gasteiger partial charge in [0.2, 0.25) is 12.5 Å². The van der Waals surface area contributed by atoms with Gasteiger partial charge in [-0.25, -0.2) is 9.78 Å². The predicted octanol–water partition coefficient (Wildman–Crippen LogP) is 2.64. The van der Waals surface area contributed by atoms with Gasteiger partial charge in [0.25, 0.3) is 0 Å². The molecule has 0 aliphatic rings. The molecule has 2 N–H and O–H groups in total. The summed E-state index contributed by atoms with van der Waals surface area (Å²) in [6.07, 6.45) is 2.11. The number of nitrogens with zero attached hydrogens (tertiary/aromatic N) is 2. The standard InChI is InChI=1S/C19H22N4O5S/c1-4-13(7-12(2)11-23(26)27)9-20-10-17(24)22-19-21-15-6-5-14(18(25)28-3)8-16(15)29-19/h4-6,8,13,20H,1-2,7,9-11H2,3H3,(H,21,22,24). The molecule has 10 heteroatoms. The van der Waals surface area contributed by atoms with Gasteiger partial charge in [0, 0.05) is 11.5 Å². The summed E-state index contributed by atoms with van der Waals surface area (Å²) in [4.78, 5) is 38.1. The lowest BCUT2D eigenvalue weighted by atomic mass is 10.0. The lowest BCUT2D eigenvalue weighted by Crippen LogP contribution is -2.31. The maximum atomic E-state index is 12.1. The Bertz CT molecular complexity index is 940. The van der Waals surface area contributed by atoms with E-state index in [1.165, 1.54) is 18.4 Å². The van der Waals surface area contributed by atoms with Crippen LogP contribution in [0.5, 0.6) is 0 Å². The first-order chi connectivity index (χ1) is 13.8. The van der Waals surface area contributed by atoms with Crippen molar-refractivity contribution in [1.82, 2.24) is 10.3 Å². The van der Waals surface area contributed by atoms with Crippen LogP contribution in [0.15, 0.2) is 43.0 Å². The molecule has 0 radical (unpaired) electrons. The Balaban J connectivity index is 1.85. The summed E-state index contributed by atoms with van der Waals surface area (Å²) < 4.78 is 5.45. The van der Waals surface area contributed by atoms with Crippen LogP contribution in [0.2, 0.25) is 0 Å². The molecule has 0 saturated heterocycles. The van der Waals surface area contributed by atoms with Crippen molar-refractivity contribution in [3.8, 4) is 0 Å². The number of fused-ring (bicyclic) bond motifs is 1. The molecule has 1 amide bonds. The van der Waals surface area contributed by atoms with E-state index in [4.69, 9.17) is 4.74 Å². The molecule has 0 bridgehead atoms. The van der Waals surface area contributed by atoms with E-state index < -0.39 is 10.9 Å². The van der Waals surface area contributed by atoms with Crippen LogP contribution in [0.25, 0.3) is 10.2 Å². The van der Waals surface area contributed by atoms with Gasteiger partial charge in [-0.15, -0.1) is 6.58 Å². The Kier molecular flexibility index (Phi) is 7.98. The van der Waals surface area contributed by atoms with Crippen LogP contribution in [0.3, 0.4) is 0 Å². The highest BCUT2D eigenvalue weighted by atomic mass is 32.1. The molecule has 0 saturated carbocycles. The van der Waals surface area contributed by atoms with E-state index >= 15 is 0 Å². The number of ether oxygens (including phenoxy) is 1. The number of benzene rings is 1. The minimum Gasteiger partial charge on any atom is -0.465 e. The van der Waals surface area contributed by atoms with Crippen LogP contribution in [0.4, 0.5) is 5.13 Å². The molecule has 1 aromatic heterocycles. The van der Waals surface area contributed by atoms with Crippen molar-refractivity contribution in [1.29, 1.82) is 0 Å². The quantitative estimate of drug-likeness (QED) is 0.249. The van der Waals surface area contributed by atoms with Crippen molar-refractivity contribution >= 4 is 38.6 Å². The lowest BCUT2D eigenvalue weighted by Gasteiger charge is -2.13. The van der Waals surface area contributed by atoms with E-state index in [9.17, 15) is 19.7 Å². The van der Waals surface area contributed by atoms with Gasteiger partial charge in [-0.2, -0.15) is 0 Å². The molecule has 0 fully saturated rings. The zero-order valence-electron chi connectivity index (χ0n) is 16.0. The molecule has 9 nitrogen and oxygen atoms in total. The maximum absolute atomic E-state index is 12.1. The first-order valence-electron chi connectivity index (χ1n) is 8.72. The number of methoxy groups -OCH3 is 1. The van der Waals surface area contributed by atoms with E-state index in [1.54, 1.807) is 24.3 Å². The Morgan fingerprint density at radius 2 is 2.21 bits per heavy atom. The van der Waals surface area contributed by atoms with Crippen LogP contribution in [-0.4, -0.2) is 48.5 Å². The molecule has 2 rings (SSSR count). The fourth-order valence-corrected chi connectivity index (χ4v) is 3.54. The van der Waals surface area contributed by atoms with E-state index in [0.717, 1.165) is 4.70 Å². The number of amides is 1. The zero-order chi connectivity index (χ0) is 21.4. The summed E-state index contributed by atoms with van der Waals surface area (Å²) in [5, 5.41) is 16.6. The van der Waals surface area contributed by atoms with Crippen molar-refractivity contribution in [2.24, 2.45) is 5.92 Å². The van der Waals surface area contributed by atoms with Crippen LogP contribution >= 0.6 is 11.3 Å². The maximum Gasteiger partial charge on any atom is 0.337 e. The number of carbonyl (C=O) groups is 2. The summed E-state index contributed by atoms with van der Waals surface area (Å²) in [5.74, 6) is -0.772. The van der Waals surface area contributed by atoms with Gasteiger partial charge in [-0.05, 0) is 36.1 Å². The molecule has 0 spiro atoms. The largest absolute Gasteiger partial charge is 0.465 e. The number of hydrogen-bond acceptors (Lipinski definition) is 8. The monoisotopic (exact) mass is 418 g/mol. The normalized spacial score (nSPS) is 11.6. The smallest absolute Gasteiger partial charge is 0.337 e. The number of anilines is 1.